The molecule has 2 heterocycles. The van der Waals surface area contributed by atoms with Crippen molar-refractivity contribution >= 4 is 22.3 Å². The number of amides is 1. The lowest BCUT2D eigenvalue weighted by atomic mass is 10.0. The third-order valence-electron chi connectivity index (χ3n) is 5.27. The van der Waals surface area contributed by atoms with E-state index in [9.17, 15) is 9.59 Å². The van der Waals surface area contributed by atoms with Crippen molar-refractivity contribution < 1.29 is 4.79 Å². The van der Waals surface area contributed by atoms with E-state index in [1.807, 2.05) is 72.8 Å². The normalized spacial score (nSPS) is 12.4. The Bertz CT molecular complexity index is 1250. The van der Waals surface area contributed by atoms with Gasteiger partial charge in [-0.05, 0) is 43.5 Å². The van der Waals surface area contributed by atoms with E-state index in [2.05, 4.69) is 17.3 Å². The number of rotatable bonds is 5. The highest BCUT2D eigenvalue weighted by Crippen LogP contribution is 2.20. The van der Waals surface area contributed by atoms with Crippen LogP contribution in [0.15, 0.2) is 59.4 Å². The first-order valence-electron chi connectivity index (χ1n) is 9.75. The Balaban J connectivity index is 1.56. The van der Waals surface area contributed by atoms with Crippen LogP contribution in [-0.4, -0.2) is 26.6 Å². The summed E-state index contributed by atoms with van der Waals surface area (Å²) in [5.41, 5.74) is 3.50. The summed E-state index contributed by atoms with van der Waals surface area (Å²) in [4.78, 5) is 25.4. The van der Waals surface area contributed by atoms with Crippen LogP contribution in [0, 0.1) is 13.8 Å². The second kappa shape index (κ2) is 7.54. The van der Waals surface area contributed by atoms with E-state index in [-0.39, 0.29) is 23.9 Å². The topological polar surface area (TPSA) is 68.4 Å². The number of benzene rings is 2. The van der Waals surface area contributed by atoms with E-state index in [1.54, 1.807) is 0 Å². The van der Waals surface area contributed by atoms with Gasteiger partial charge in [-0.1, -0.05) is 48.9 Å². The molecule has 0 bridgehead atoms. The summed E-state index contributed by atoms with van der Waals surface area (Å²) < 4.78 is 3.10. The van der Waals surface area contributed by atoms with Gasteiger partial charge in [0, 0.05) is 11.9 Å². The molecule has 4 rings (SSSR count). The first-order valence-corrected chi connectivity index (χ1v) is 9.75. The van der Waals surface area contributed by atoms with Gasteiger partial charge in [-0.3, -0.25) is 14.0 Å². The molecule has 29 heavy (non-hydrogen) atoms. The zero-order valence-corrected chi connectivity index (χ0v) is 16.8. The molecule has 0 spiro atoms. The fourth-order valence-corrected chi connectivity index (χ4v) is 3.70. The molecule has 0 fully saturated rings. The molecule has 0 radical (unpaired) electrons. The minimum absolute atomic E-state index is 0.0990. The van der Waals surface area contributed by atoms with Gasteiger partial charge in [0.2, 0.25) is 5.91 Å². The summed E-state index contributed by atoms with van der Waals surface area (Å²) in [6, 6.07) is 17.9. The second-order valence-corrected chi connectivity index (χ2v) is 7.55. The average molecular weight is 388 g/mol. The fourth-order valence-electron chi connectivity index (χ4n) is 3.70. The van der Waals surface area contributed by atoms with E-state index in [0.717, 1.165) is 22.0 Å². The van der Waals surface area contributed by atoms with Crippen LogP contribution in [0.3, 0.4) is 0 Å². The van der Waals surface area contributed by atoms with Gasteiger partial charge >= 0.3 is 0 Å². The van der Waals surface area contributed by atoms with Crippen LogP contribution < -0.4 is 10.9 Å². The van der Waals surface area contributed by atoms with Crippen molar-refractivity contribution in [2.45, 2.75) is 33.2 Å². The number of hydrogen-bond donors (Lipinski definition) is 1. The number of carbonyl (C=O) groups excluding carboxylic acids is 1. The second-order valence-electron chi connectivity index (χ2n) is 7.55. The van der Waals surface area contributed by atoms with Crippen molar-refractivity contribution in [3.8, 4) is 0 Å². The quantitative estimate of drug-likeness (QED) is 0.571. The molecule has 2 aromatic carbocycles. The standard InChI is InChI=1S/C23H24N4O2/c1-15-9-10-20-19(11-15)12-21-23(29)26(25-17(3)27(20)21)14-22(28)24-13-16(2)18-7-5-4-6-8-18/h4-12,16H,13-14H2,1-3H3,(H,24,28). The molecule has 0 aliphatic rings. The van der Waals surface area contributed by atoms with Crippen molar-refractivity contribution in [3.63, 3.8) is 0 Å². The van der Waals surface area contributed by atoms with Crippen LogP contribution in [0.25, 0.3) is 16.4 Å². The fraction of sp³-hybridized carbons (Fsp3) is 0.261. The number of aryl methyl sites for hydroxylation is 2. The Hall–Kier alpha value is -3.41. The molecule has 0 saturated heterocycles. The SMILES string of the molecule is Cc1ccc2c(c1)cc1c(=O)n(CC(=O)NCC(C)c3ccccc3)nc(C)n12. The van der Waals surface area contributed by atoms with Gasteiger partial charge in [-0.2, -0.15) is 5.10 Å². The van der Waals surface area contributed by atoms with E-state index in [4.69, 9.17) is 0 Å². The number of hydrogen-bond acceptors (Lipinski definition) is 3. The Morgan fingerprint density at radius 1 is 1.07 bits per heavy atom. The summed E-state index contributed by atoms with van der Waals surface area (Å²) in [6.07, 6.45) is 0. The molecule has 1 atom stereocenters. The molecule has 0 saturated carbocycles. The minimum atomic E-state index is -0.268. The van der Waals surface area contributed by atoms with Crippen LogP contribution in [-0.2, 0) is 11.3 Å². The first kappa shape index (κ1) is 18.9. The van der Waals surface area contributed by atoms with Gasteiger partial charge in [-0.15, -0.1) is 0 Å². The van der Waals surface area contributed by atoms with Gasteiger partial charge in [0.15, 0.2) is 0 Å². The third kappa shape index (κ3) is 3.66. The van der Waals surface area contributed by atoms with Crippen LogP contribution in [0.4, 0.5) is 0 Å². The summed E-state index contributed by atoms with van der Waals surface area (Å²) >= 11 is 0. The number of fused-ring (bicyclic) bond motifs is 3. The summed E-state index contributed by atoms with van der Waals surface area (Å²) in [7, 11) is 0. The van der Waals surface area contributed by atoms with Crippen molar-refractivity contribution in [1.29, 1.82) is 0 Å². The Kier molecular flexibility index (Phi) is 4.92. The van der Waals surface area contributed by atoms with Crippen molar-refractivity contribution in [1.82, 2.24) is 19.5 Å². The maximum atomic E-state index is 12.9. The molecule has 4 aromatic rings. The lowest BCUT2D eigenvalue weighted by Crippen LogP contribution is -2.36. The third-order valence-corrected chi connectivity index (χ3v) is 5.27. The van der Waals surface area contributed by atoms with Crippen LogP contribution in [0.2, 0.25) is 0 Å². The van der Waals surface area contributed by atoms with E-state index >= 15 is 0 Å². The first-order chi connectivity index (χ1) is 13.9. The Morgan fingerprint density at radius 2 is 1.83 bits per heavy atom. The molecule has 148 valence electrons. The molecule has 6 nitrogen and oxygen atoms in total. The van der Waals surface area contributed by atoms with Crippen LogP contribution in [0.1, 0.15) is 29.8 Å². The molecule has 0 aliphatic heterocycles. The predicted molar refractivity (Wildman–Crippen MR) is 114 cm³/mol. The minimum Gasteiger partial charge on any atom is -0.354 e. The highest BCUT2D eigenvalue weighted by atomic mass is 16.2. The number of aromatic nitrogens is 3. The summed E-state index contributed by atoms with van der Waals surface area (Å²) in [5, 5.41) is 8.28. The van der Waals surface area contributed by atoms with Crippen molar-refractivity contribution in [3.05, 3.63) is 81.9 Å². The lowest BCUT2D eigenvalue weighted by molar-refractivity contribution is -0.121. The number of nitrogens with zero attached hydrogens (tertiary/aromatic N) is 3. The number of carbonyl (C=O) groups is 1. The van der Waals surface area contributed by atoms with E-state index < -0.39 is 0 Å². The smallest absolute Gasteiger partial charge is 0.291 e. The lowest BCUT2D eigenvalue weighted by Gasteiger charge is -2.14. The zero-order chi connectivity index (χ0) is 20.5. The van der Waals surface area contributed by atoms with Crippen molar-refractivity contribution in [2.24, 2.45) is 0 Å². The highest BCUT2D eigenvalue weighted by molar-refractivity contribution is 5.87. The average Bonchev–Trinajstić information content (AvgIpc) is 3.10. The zero-order valence-electron chi connectivity index (χ0n) is 16.8. The Morgan fingerprint density at radius 3 is 2.59 bits per heavy atom. The van der Waals surface area contributed by atoms with Gasteiger partial charge in [0.1, 0.15) is 17.9 Å². The molecule has 1 amide bonds. The molecular formula is C23H24N4O2. The number of nitrogens with one attached hydrogen (secondary N) is 1. The molecule has 1 N–H and O–H groups in total. The monoisotopic (exact) mass is 388 g/mol. The molecule has 1 unspecified atom stereocenters. The van der Waals surface area contributed by atoms with Gasteiger partial charge in [0.25, 0.3) is 5.56 Å². The molecule has 2 aromatic heterocycles. The molecule has 0 aliphatic carbocycles. The van der Waals surface area contributed by atoms with Crippen LogP contribution in [0.5, 0.6) is 0 Å². The van der Waals surface area contributed by atoms with Crippen molar-refractivity contribution in [2.75, 3.05) is 6.54 Å². The maximum Gasteiger partial charge on any atom is 0.291 e. The molecule has 6 heteroatoms. The summed E-state index contributed by atoms with van der Waals surface area (Å²) in [6.45, 7) is 6.33. The van der Waals surface area contributed by atoms with E-state index in [1.165, 1.54) is 4.68 Å². The van der Waals surface area contributed by atoms with E-state index in [0.29, 0.717) is 17.9 Å². The van der Waals surface area contributed by atoms with Gasteiger partial charge < -0.3 is 5.32 Å². The predicted octanol–water partition coefficient (Wildman–Crippen LogP) is 3.19. The largest absolute Gasteiger partial charge is 0.354 e. The van der Waals surface area contributed by atoms with Gasteiger partial charge in [0.05, 0.1) is 5.52 Å². The molecular weight excluding hydrogens is 364 g/mol. The van der Waals surface area contributed by atoms with Crippen LogP contribution >= 0.6 is 0 Å². The maximum absolute atomic E-state index is 12.9. The highest BCUT2D eigenvalue weighted by Gasteiger charge is 2.15. The Labute approximate surface area is 168 Å². The van der Waals surface area contributed by atoms with Gasteiger partial charge in [-0.25, -0.2) is 4.68 Å². The summed E-state index contributed by atoms with van der Waals surface area (Å²) in [5.74, 6) is 0.634.